The Hall–Kier alpha value is -2.26. The molecule has 0 amide bonds. The van der Waals surface area contributed by atoms with Crippen LogP contribution in [0.3, 0.4) is 0 Å². The number of rotatable bonds is 11. The van der Waals surface area contributed by atoms with Crippen LogP contribution in [-0.2, 0) is 14.3 Å². The van der Waals surface area contributed by atoms with Crippen molar-refractivity contribution in [2.24, 2.45) is 0 Å². The molecule has 1 aromatic carbocycles. The minimum Gasteiger partial charge on any atom is -0.489 e. The summed E-state index contributed by atoms with van der Waals surface area (Å²) in [7, 11) is 6.42. The molecule has 2 rings (SSSR count). The van der Waals surface area contributed by atoms with Gasteiger partial charge in [0.2, 0.25) is 11.6 Å². The van der Waals surface area contributed by atoms with E-state index in [2.05, 4.69) is 6.72 Å². The van der Waals surface area contributed by atoms with Crippen LogP contribution >= 0.6 is 0 Å². The summed E-state index contributed by atoms with van der Waals surface area (Å²) in [6, 6.07) is 2.75. The van der Waals surface area contributed by atoms with Gasteiger partial charge in [0.05, 0.1) is 20.8 Å². The number of benzene rings is 1. The molecule has 0 bridgehead atoms. The Balaban J connectivity index is 2.08. The number of nitrogens with zero attached hydrogens (tertiary/aromatic N) is 3. The summed E-state index contributed by atoms with van der Waals surface area (Å²) < 4.78 is 45.7. The van der Waals surface area contributed by atoms with Crippen LogP contribution in [0.25, 0.3) is 0 Å². The fourth-order valence-electron chi connectivity index (χ4n) is 3.26. The van der Waals surface area contributed by atoms with Gasteiger partial charge in [0, 0.05) is 26.3 Å². The number of hydrogen-bond acceptors (Lipinski definition) is 6. The second-order valence-corrected chi connectivity index (χ2v) is 7.16. The van der Waals surface area contributed by atoms with E-state index in [0.717, 1.165) is 6.42 Å². The highest BCUT2D eigenvalue weighted by Gasteiger charge is 2.53. The van der Waals surface area contributed by atoms with Crippen LogP contribution in [0.5, 0.6) is 5.75 Å². The third-order valence-electron chi connectivity index (χ3n) is 5.44. The SMILES string of the molecule is C=[N+](c1ccc(OCCN(C)CCOC)c(F)c1F)N(C)C1(C(=O)OC)CCC1. The zero-order valence-corrected chi connectivity index (χ0v) is 17.5. The molecule has 1 saturated carbocycles. The summed E-state index contributed by atoms with van der Waals surface area (Å²) in [4.78, 5) is 14.2. The number of likely N-dealkylation sites (N-methyl/N-ethyl adjacent to an activating group) is 2. The molecule has 9 heteroatoms. The quantitative estimate of drug-likeness (QED) is 0.240. The molecule has 1 fully saturated rings. The molecule has 1 aliphatic rings. The highest BCUT2D eigenvalue weighted by molar-refractivity contribution is 5.81. The Bertz CT molecular complexity index is 741. The number of carbonyl (C=O) groups is 1. The van der Waals surface area contributed by atoms with Gasteiger partial charge in [-0.3, -0.25) is 0 Å². The van der Waals surface area contributed by atoms with E-state index in [9.17, 15) is 13.6 Å². The van der Waals surface area contributed by atoms with E-state index in [1.807, 2.05) is 11.9 Å². The Kier molecular flexibility index (Phi) is 7.92. The standard InChI is InChI=1S/C20H30F2N3O4/c1-23(11-13-27-4)12-14-29-16-8-7-15(17(21)18(16)22)24(2)25(3)20(9-6-10-20)19(26)28-5/h7-8H,2,6,9-14H2,1,3-5H3/q+1. The maximum Gasteiger partial charge on any atom is 0.337 e. The highest BCUT2D eigenvalue weighted by Crippen LogP contribution is 2.40. The van der Waals surface area contributed by atoms with Gasteiger partial charge in [-0.1, -0.05) is 4.68 Å². The molecule has 0 spiro atoms. The normalized spacial score (nSPS) is 15.0. The third-order valence-corrected chi connectivity index (χ3v) is 5.44. The van der Waals surface area contributed by atoms with Crippen LogP contribution in [-0.4, -0.2) is 87.4 Å². The predicted molar refractivity (Wildman–Crippen MR) is 105 cm³/mol. The van der Waals surface area contributed by atoms with Crippen molar-refractivity contribution in [2.75, 3.05) is 54.6 Å². The molecular formula is C20H30F2N3O4+. The van der Waals surface area contributed by atoms with E-state index >= 15 is 0 Å². The Labute approximate surface area is 170 Å². The minimum atomic E-state index is -1.09. The van der Waals surface area contributed by atoms with Crippen molar-refractivity contribution in [3.63, 3.8) is 0 Å². The number of carbonyl (C=O) groups excluding carboxylic acids is 1. The molecule has 0 heterocycles. The molecule has 0 saturated heterocycles. The van der Waals surface area contributed by atoms with Gasteiger partial charge in [-0.2, -0.15) is 13.8 Å². The first-order valence-electron chi connectivity index (χ1n) is 9.49. The van der Waals surface area contributed by atoms with E-state index in [4.69, 9.17) is 14.2 Å². The first-order valence-corrected chi connectivity index (χ1v) is 9.49. The van der Waals surface area contributed by atoms with E-state index in [1.54, 1.807) is 14.2 Å². The summed E-state index contributed by atoms with van der Waals surface area (Å²) >= 11 is 0. The number of esters is 1. The number of hydrazone groups is 1. The van der Waals surface area contributed by atoms with Crippen molar-refractivity contribution >= 4 is 18.4 Å². The molecule has 0 aromatic heterocycles. The van der Waals surface area contributed by atoms with Crippen LogP contribution in [0.1, 0.15) is 19.3 Å². The van der Waals surface area contributed by atoms with Gasteiger partial charge in [0.25, 0.3) is 5.69 Å². The molecule has 162 valence electrons. The monoisotopic (exact) mass is 414 g/mol. The molecule has 7 nitrogen and oxygen atoms in total. The lowest BCUT2D eigenvalue weighted by atomic mass is 9.76. The lowest BCUT2D eigenvalue weighted by molar-refractivity contribution is -0.632. The minimum absolute atomic E-state index is 0.0928. The van der Waals surface area contributed by atoms with E-state index in [1.165, 1.54) is 28.9 Å². The zero-order valence-electron chi connectivity index (χ0n) is 17.5. The Morgan fingerprint density at radius 3 is 2.38 bits per heavy atom. The topological polar surface area (TPSA) is 54.2 Å². The van der Waals surface area contributed by atoms with Crippen LogP contribution in [0.15, 0.2) is 12.1 Å². The van der Waals surface area contributed by atoms with Gasteiger partial charge in [0.15, 0.2) is 18.0 Å². The van der Waals surface area contributed by atoms with Gasteiger partial charge in [0.1, 0.15) is 6.61 Å². The van der Waals surface area contributed by atoms with Crippen molar-refractivity contribution in [1.82, 2.24) is 9.91 Å². The Morgan fingerprint density at radius 2 is 1.83 bits per heavy atom. The van der Waals surface area contributed by atoms with Crippen LogP contribution < -0.4 is 4.74 Å². The van der Waals surface area contributed by atoms with Gasteiger partial charge < -0.3 is 19.1 Å². The molecule has 0 unspecified atom stereocenters. The fraction of sp³-hybridized carbons (Fsp3) is 0.600. The molecular weight excluding hydrogens is 384 g/mol. The van der Waals surface area contributed by atoms with Crippen LogP contribution in [0.2, 0.25) is 0 Å². The van der Waals surface area contributed by atoms with Crippen molar-refractivity contribution in [1.29, 1.82) is 0 Å². The summed E-state index contributed by atoms with van der Waals surface area (Å²) in [5.74, 6) is -2.77. The number of hydrogen-bond donors (Lipinski definition) is 0. The second-order valence-electron chi connectivity index (χ2n) is 7.16. The highest BCUT2D eigenvalue weighted by atomic mass is 19.2. The van der Waals surface area contributed by atoms with Gasteiger partial charge >= 0.3 is 5.97 Å². The number of hydrazine groups is 1. The smallest absolute Gasteiger partial charge is 0.337 e. The van der Waals surface area contributed by atoms with Gasteiger partial charge in [-0.05, 0) is 32.4 Å². The van der Waals surface area contributed by atoms with E-state index in [0.29, 0.717) is 32.5 Å². The third kappa shape index (κ3) is 4.84. The first kappa shape index (κ1) is 23.0. The summed E-state index contributed by atoms with van der Waals surface area (Å²) in [6.45, 7) is 5.83. The molecule has 0 aliphatic heterocycles. The number of ether oxygens (including phenoxy) is 3. The van der Waals surface area contributed by atoms with E-state index in [-0.39, 0.29) is 18.0 Å². The van der Waals surface area contributed by atoms with Gasteiger partial charge in [-0.15, -0.1) is 0 Å². The van der Waals surface area contributed by atoms with E-state index < -0.39 is 23.1 Å². The molecule has 0 radical (unpaired) electrons. The zero-order chi connectivity index (χ0) is 21.6. The maximum absolute atomic E-state index is 14.7. The lowest BCUT2D eigenvalue weighted by Gasteiger charge is -2.42. The second kappa shape index (κ2) is 9.98. The summed E-state index contributed by atoms with van der Waals surface area (Å²) in [5.41, 5.74) is -1.01. The molecule has 1 aromatic rings. The Morgan fingerprint density at radius 1 is 1.17 bits per heavy atom. The molecule has 1 aliphatic carbocycles. The predicted octanol–water partition coefficient (Wildman–Crippen LogP) is 2.21. The first-order chi connectivity index (χ1) is 13.8. The molecule has 0 atom stereocenters. The van der Waals surface area contributed by atoms with Crippen molar-refractivity contribution < 1.29 is 32.5 Å². The van der Waals surface area contributed by atoms with Crippen LogP contribution in [0.4, 0.5) is 14.5 Å². The van der Waals surface area contributed by atoms with Crippen molar-refractivity contribution in [2.45, 2.75) is 24.8 Å². The number of methoxy groups -OCH3 is 2. The molecule has 29 heavy (non-hydrogen) atoms. The lowest BCUT2D eigenvalue weighted by Crippen LogP contribution is -2.60. The largest absolute Gasteiger partial charge is 0.489 e. The van der Waals surface area contributed by atoms with Crippen molar-refractivity contribution in [3.05, 3.63) is 23.8 Å². The molecule has 0 N–H and O–H groups in total. The van der Waals surface area contributed by atoms with Gasteiger partial charge in [-0.25, -0.2) is 4.79 Å². The summed E-state index contributed by atoms with van der Waals surface area (Å²) in [6.07, 6.45) is 1.96. The average molecular weight is 414 g/mol. The fourth-order valence-corrected chi connectivity index (χ4v) is 3.26. The maximum atomic E-state index is 14.7. The summed E-state index contributed by atoms with van der Waals surface area (Å²) in [5, 5.41) is 1.51. The number of halogens is 2. The average Bonchev–Trinajstić information content (AvgIpc) is 2.68. The van der Waals surface area contributed by atoms with Crippen molar-refractivity contribution in [3.8, 4) is 5.75 Å². The van der Waals surface area contributed by atoms with Crippen LogP contribution in [0, 0.1) is 11.6 Å².